The standard InChI is InChI=1S/C21H25N5O4S/c1-3-14-18(31-12(2)23-14)20(28)25-21-24-15-10-13(19(22)27)11-16-17(15)26(21)6-4-7-29-8-5-9-30-16/h10-11H,3-9H2,1-2H3,(H2,22,27)(H,24,25,28). The number of hydrogen-bond acceptors (Lipinski definition) is 7. The third kappa shape index (κ3) is 4.40. The fourth-order valence-corrected chi connectivity index (χ4v) is 4.51. The summed E-state index contributed by atoms with van der Waals surface area (Å²) in [4.78, 5) is 34.5. The van der Waals surface area contributed by atoms with E-state index in [-0.39, 0.29) is 5.91 Å². The Morgan fingerprint density at radius 2 is 2.03 bits per heavy atom. The largest absolute Gasteiger partial charge is 0.491 e. The molecule has 1 aromatic carbocycles. The number of aromatic nitrogens is 3. The van der Waals surface area contributed by atoms with E-state index in [2.05, 4.69) is 15.3 Å². The van der Waals surface area contributed by atoms with E-state index in [1.54, 1.807) is 12.1 Å². The van der Waals surface area contributed by atoms with Crippen LogP contribution in [0, 0.1) is 6.92 Å². The number of benzene rings is 1. The minimum Gasteiger partial charge on any atom is -0.491 e. The molecule has 9 nitrogen and oxygen atoms in total. The van der Waals surface area contributed by atoms with Crippen LogP contribution in [-0.4, -0.2) is 46.2 Å². The van der Waals surface area contributed by atoms with Crippen molar-refractivity contribution in [1.29, 1.82) is 0 Å². The number of anilines is 1. The first-order chi connectivity index (χ1) is 15.0. The van der Waals surface area contributed by atoms with Gasteiger partial charge in [-0.25, -0.2) is 9.97 Å². The molecule has 1 aliphatic rings. The van der Waals surface area contributed by atoms with E-state index in [9.17, 15) is 9.59 Å². The van der Waals surface area contributed by atoms with E-state index in [1.807, 2.05) is 18.4 Å². The maximum absolute atomic E-state index is 13.0. The Bertz CT molecular complexity index is 1140. The van der Waals surface area contributed by atoms with Gasteiger partial charge in [-0.2, -0.15) is 0 Å². The van der Waals surface area contributed by atoms with Gasteiger partial charge in [-0.05, 0) is 31.9 Å². The predicted octanol–water partition coefficient (Wildman–Crippen LogP) is 2.90. The molecule has 0 saturated heterocycles. The fraction of sp³-hybridized carbons (Fsp3) is 0.429. The molecule has 164 valence electrons. The molecule has 0 fully saturated rings. The number of primary amides is 1. The van der Waals surface area contributed by atoms with Crippen LogP contribution in [0.3, 0.4) is 0 Å². The first-order valence-corrected chi connectivity index (χ1v) is 11.1. The van der Waals surface area contributed by atoms with Crippen LogP contribution < -0.4 is 15.8 Å². The van der Waals surface area contributed by atoms with Gasteiger partial charge in [0, 0.05) is 31.7 Å². The molecule has 2 amide bonds. The number of hydrogen-bond donors (Lipinski definition) is 2. The van der Waals surface area contributed by atoms with E-state index in [0.717, 1.165) is 29.1 Å². The van der Waals surface area contributed by atoms with Crippen molar-refractivity contribution < 1.29 is 19.1 Å². The molecule has 2 aromatic heterocycles. The summed E-state index contributed by atoms with van der Waals surface area (Å²) >= 11 is 1.36. The Balaban J connectivity index is 1.79. The van der Waals surface area contributed by atoms with E-state index in [4.69, 9.17) is 15.2 Å². The second-order valence-electron chi connectivity index (χ2n) is 7.28. The normalized spacial score (nSPS) is 14.6. The smallest absolute Gasteiger partial charge is 0.269 e. The number of amides is 2. The van der Waals surface area contributed by atoms with Crippen LogP contribution >= 0.6 is 11.3 Å². The molecule has 0 atom stereocenters. The van der Waals surface area contributed by atoms with Crippen molar-refractivity contribution in [2.45, 2.75) is 39.7 Å². The molecule has 31 heavy (non-hydrogen) atoms. The second-order valence-corrected chi connectivity index (χ2v) is 8.48. The molecule has 3 aromatic rings. The van der Waals surface area contributed by atoms with Crippen molar-refractivity contribution in [1.82, 2.24) is 14.5 Å². The number of nitrogens with two attached hydrogens (primary N) is 1. The lowest BCUT2D eigenvalue weighted by molar-refractivity contribution is 0.0996. The maximum atomic E-state index is 13.0. The Kier molecular flexibility index (Phi) is 6.19. The average Bonchev–Trinajstić information content (AvgIpc) is 3.27. The van der Waals surface area contributed by atoms with Crippen molar-refractivity contribution in [2.75, 3.05) is 25.1 Å². The average molecular weight is 444 g/mol. The SMILES string of the molecule is CCc1nc(C)sc1C(=O)Nc1nc2cc(C(N)=O)cc3c2n1CCCOCCCO3. The van der Waals surface area contributed by atoms with Crippen LogP contribution in [0.25, 0.3) is 11.0 Å². The summed E-state index contributed by atoms with van der Waals surface area (Å²) < 4.78 is 13.5. The van der Waals surface area contributed by atoms with E-state index >= 15 is 0 Å². The Morgan fingerprint density at radius 1 is 1.23 bits per heavy atom. The zero-order chi connectivity index (χ0) is 22.0. The molecule has 0 radical (unpaired) electrons. The van der Waals surface area contributed by atoms with Crippen molar-refractivity contribution in [2.24, 2.45) is 5.73 Å². The molecule has 1 aliphatic heterocycles. The molecule has 10 heteroatoms. The van der Waals surface area contributed by atoms with Gasteiger partial charge in [0.15, 0.2) is 0 Å². The summed E-state index contributed by atoms with van der Waals surface area (Å²) in [6, 6.07) is 3.26. The van der Waals surface area contributed by atoms with Crippen LogP contribution in [0.5, 0.6) is 5.75 Å². The van der Waals surface area contributed by atoms with E-state index < -0.39 is 5.91 Å². The van der Waals surface area contributed by atoms with Crippen molar-refractivity contribution >= 4 is 40.1 Å². The highest BCUT2D eigenvalue weighted by molar-refractivity contribution is 7.13. The van der Waals surface area contributed by atoms with Gasteiger partial charge in [-0.15, -0.1) is 11.3 Å². The van der Waals surface area contributed by atoms with Crippen LogP contribution in [0.4, 0.5) is 5.95 Å². The Morgan fingerprint density at radius 3 is 2.81 bits per heavy atom. The van der Waals surface area contributed by atoms with Crippen LogP contribution in [0.15, 0.2) is 12.1 Å². The number of carbonyl (C=O) groups is 2. The third-order valence-electron chi connectivity index (χ3n) is 5.02. The number of rotatable bonds is 4. The zero-order valence-corrected chi connectivity index (χ0v) is 18.4. The minimum atomic E-state index is -0.563. The minimum absolute atomic E-state index is 0.253. The molecule has 0 spiro atoms. The number of aryl methyl sites for hydroxylation is 3. The van der Waals surface area contributed by atoms with E-state index in [1.165, 1.54) is 11.3 Å². The predicted molar refractivity (Wildman–Crippen MR) is 118 cm³/mol. The lowest BCUT2D eigenvalue weighted by Gasteiger charge is -2.12. The van der Waals surface area contributed by atoms with Gasteiger partial charge in [0.2, 0.25) is 11.9 Å². The lowest BCUT2D eigenvalue weighted by Crippen LogP contribution is -2.17. The van der Waals surface area contributed by atoms with Crippen LogP contribution in [0.2, 0.25) is 0 Å². The highest BCUT2D eigenvalue weighted by Gasteiger charge is 2.22. The molecule has 3 N–H and O–H groups in total. The summed E-state index contributed by atoms with van der Waals surface area (Å²) in [5.74, 6) is 0.0901. The maximum Gasteiger partial charge on any atom is 0.269 e. The monoisotopic (exact) mass is 443 g/mol. The number of ether oxygens (including phenoxy) is 2. The molecule has 0 unspecified atom stereocenters. The lowest BCUT2D eigenvalue weighted by atomic mass is 10.1. The fourth-order valence-electron chi connectivity index (χ4n) is 3.61. The molecule has 0 bridgehead atoms. The van der Waals surface area contributed by atoms with Gasteiger partial charge >= 0.3 is 0 Å². The molecule has 0 saturated carbocycles. The number of imidazole rings is 1. The van der Waals surface area contributed by atoms with Gasteiger partial charge in [0.25, 0.3) is 5.91 Å². The quantitative estimate of drug-likeness (QED) is 0.639. The van der Waals surface area contributed by atoms with Gasteiger partial charge in [-0.1, -0.05) is 6.92 Å². The third-order valence-corrected chi connectivity index (χ3v) is 6.03. The number of nitrogens with one attached hydrogen (secondary N) is 1. The summed E-state index contributed by atoms with van der Waals surface area (Å²) in [6.45, 7) is 6.05. The molecule has 0 aliphatic carbocycles. The van der Waals surface area contributed by atoms with Crippen LogP contribution in [0.1, 0.15) is 50.5 Å². The molecule has 3 heterocycles. The van der Waals surface area contributed by atoms with Gasteiger partial charge in [-0.3, -0.25) is 14.9 Å². The molecular formula is C21H25N5O4S. The van der Waals surface area contributed by atoms with E-state index in [0.29, 0.717) is 60.4 Å². The molecule has 4 rings (SSSR count). The first-order valence-electron chi connectivity index (χ1n) is 10.3. The van der Waals surface area contributed by atoms with Gasteiger partial charge in [0.05, 0.1) is 22.8 Å². The van der Waals surface area contributed by atoms with Crippen molar-refractivity contribution in [3.8, 4) is 5.75 Å². The summed E-state index contributed by atoms with van der Waals surface area (Å²) in [5, 5.41) is 3.78. The van der Waals surface area contributed by atoms with Gasteiger partial charge < -0.3 is 19.8 Å². The van der Waals surface area contributed by atoms with Crippen LogP contribution in [-0.2, 0) is 17.7 Å². The zero-order valence-electron chi connectivity index (χ0n) is 17.6. The second kappa shape index (κ2) is 9.03. The Labute approximate surface area is 183 Å². The topological polar surface area (TPSA) is 121 Å². The summed E-state index contributed by atoms with van der Waals surface area (Å²) in [7, 11) is 0. The summed E-state index contributed by atoms with van der Waals surface area (Å²) in [6.07, 6.45) is 2.14. The first kappa shape index (κ1) is 21.3. The highest BCUT2D eigenvalue weighted by atomic mass is 32.1. The van der Waals surface area contributed by atoms with Crippen molar-refractivity contribution in [3.63, 3.8) is 0 Å². The number of carbonyl (C=O) groups excluding carboxylic acids is 2. The summed E-state index contributed by atoms with van der Waals surface area (Å²) in [5.41, 5.74) is 7.84. The molecular weight excluding hydrogens is 418 g/mol. The Hall–Kier alpha value is -2.98. The van der Waals surface area contributed by atoms with Crippen molar-refractivity contribution in [3.05, 3.63) is 33.3 Å². The highest BCUT2D eigenvalue weighted by Crippen LogP contribution is 2.32. The number of nitrogens with zero attached hydrogens (tertiary/aromatic N) is 3. The number of thiazole rings is 1. The van der Waals surface area contributed by atoms with Gasteiger partial charge in [0.1, 0.15) is 16.1 Å².